The van der Waals surface area contributed by atoms with Crippen LogP contribution >= 0.6 is 0 Å². The van der Waals surface area contributed by atoms with Gasteiger partial charge in [0.15, 0.2) is 0 Å². The third-order valence-corrected chi connectivity index (χ3v) is 4.95. The second kappa shape index (κ2) is 7.97. The van der Waals surface area contributed by atoms with Crippen LogP contribution in [0, 0.1) is 13.8 Å². The van der Waals surface area contributed by atoms with Crippen molar-refractivity contribution in [1.29, 1.82) is 0 Å². The molecule has 26 heavy (non-hydrogen) atoms. The van der Waals surface area contributed by atoms with E-state index in [1.807, 2.05) is 5.06 Å². The van der Waals surface area contributed by atoms with Crippen molar-refractivity contribution in [3.63, 3.8) is 0 Å². The maximum atomic E-state index is 11.4. The van der Waals surface area contributed by atoms with Gasteiger partial charge in [-0.25, -0.2) is 0 Å². The van der Waals surface area contributed by atoms with Gasteiger partial charge >= 0.3 is 5.97 Å². The van der Waals surface area contributed by atoms with Gasteiger partial charge in [-0.3, -0.25) is 9.63 Å². The number of nitrogens with zero attached hydrogens (tertiary/aromatic N) is 1. The number of carbonyl (C=O) groups is 1. The molecular formula is C21H33NO4. The highest BCUT2D eigenvalue weighted by Gasteiger charge is 2.47. The van der Waals surface area contributed by atoms with Crippen molar-refractivity contribution in [1.82, 2.24) is 5.06 Å². The Morgan fingerprint density at radius 2 is 1.77 bits per heavy atom. The first-order chi connectivity index (χ1) is 12.0. The Kier molecular flexibility index (Phi) is 6.35. The molecule has 1 fully saturated rings. The molecule has 0 radical (unpaired) electrons. The highest BCUT2D eigenvalue weighted by atomic mass is 16.7. The van der Waals surface area contributed by atoms with E-state index in [0.29, 0.717) is 6.61 Å². The lowest BCUT2D eigenvalue weighted by atomic mass is 9.80. The molecular weight excluding hydrogens is 330 g/mol. The summed E-state index contributed by atoms with van der Waals surface area (Å²) in [6, 6.07) is 6.31. The fraction of sp³-hybridized carbons (Fsp3) is 0.667. The molecule has 5 heteroatoms. The standard InChI is InChI=1S/C21H33NO4/c1-15-8-9-16(2)18(12-15)26-17-13-20(3,4)22(21(5,6)14-17)25-11-10-19(23)24-7/h8-9,12,17H,10-11,13-14H2,1-7H3. The number of aryl methyl sites for hydroxylation is 2. The number of hydrogen-bond donors (Lipinski definition) is 0. The molecule has 1 heterocycles. The molecule has 0 saturated carbocycles. The number of esters is 1. The Balaban J connectivity index is 2.08. The first-order valence-electron chi connectivity index (χ1n) is 9.29. The van der Waals surface area contributed by atoms with Gasteiger partial charge in [-0.15, -0.1) is 0 Å². The van der Waals surface area contributed by atoms with Gasteiger partial charge in [0.25, 0.3) is 0 Å². The number of rotatable bonds is 6. The van der Waals surface area contributed by atoms with Gasteiger partial charge in [-0.1, -0.05) is 12.1 Å². The summed E-state index contributed by atoms with van der Waals surface area (Å²) in [4.78, 5) is 17.4. The molecule has 1 aromatic rings. The van der Waals surface area contributed by atoms with Crippen LogP contribution in [-0.4, -0.2) is 41.9 Å². The Hall–Kier alpha value is -1.59. The summed E-state index contributed by atoms with van der Waals surface area (Å²) in [5.41, 5.74) is 1.94. The van der Waals surface area contributed by atoms with Crippen molar-refractivity contribution in [3.05, 3.63) is 29.3 Å². The number of ether oxygens (including phenoxy) is 2. The smallest absolute Gasteiger partial charge is 0.307 e. The fourth-order valence-electron chi connectivity index (χ4n) is 3.94. The van der Waals surface area contributed by atoms with E-state index in [-0.39, 0.29) is 29.6 Å². The molecule has 0 aromatic heterocycles. The molecule has 2 rings (SSSR count). The Morgan fingerprint density at radius 3 is 2.35 bits per heavy atom. The molecule has 1 aromatic carbocycles. The molecule has 0 atom stereocenters. The summed E-state index contributed by atoms with van der Waals surface area (Å²) >= 11 is 0. The SMILES string of the molecule is COC(=O)CCON1C(C)(C)CC(Oc2cc(C)ccc2C)CC1(C)C. The average Bonchev–Trinajstić information content (AvgIpc) is 2.52. The molecule has 1 aliphatic rings. The van der Waals surface area contributed by atoms with Crippen molar-refractivity contribution in [2.45, 2.75) is 78.0 Å². The van der Waals surface area contributed by atoms with Crippen LogP contribution in [0.15, 0.2) is 18.2 Å². The number of piperidine rings is 1. The summed E-state index contributed by atoms with van der Waals surface area (Å²) in [5.74, 6) is 0.704. The monoisotopic (exact) mass is 363 g/mol. The van der Waals surface area contributed by atoms with E-state index in [2.05, 4.69) is 59.7 Å². The molecule has 146 valence electrons. The van der Waals surface area contributed by atoms with Gasteiger partial charge in [-0.05, 0) is 58.7 Å². The van der Waals surface area contributed by atoms with Crippen LogP contribution in [0.1, 0.15) is 58.1 Å². The van der Waals surface area contributed by atoms with Crippen molar-refractivity contribution >= 4 is 5.97 Å². The van der Waals surface area contributed by atoms with Crippen molar-refractivity contribution in [2.24, 2.45) is 0 Å². The van der Waals surface area contributed by atoms with E-state index >= 15 is 0 Å². The minimum absolute atomic E-state index is 0.112. The van der Waals surface area contributed by atoms with E-state index in [1.165, 1.54) is 12.7 Å². The van der Waals surface area contributed by atoms with Crippen LogP contribution < -0.4 is 4.74 Å². The van der Waals surface area contributed by atoms with Crippen LogP contribution in [0.4, 0.5) is 0 Å². The third kappa shape index (κ3) is 4.98. The lowest BCUT2D eigenvalue weighted by Gasteiger charge is -2.53. The van der Waals surface area contributed by atoms with E-state index in [9.17, 15) is 4.79 Å². The van der Waals surface area contributed by atoms with Gasteiger partial charge in [0.05, 0.1) is 20.1 Å². The Bertz CT molecular complexity index is 621. The molecule has 0 unspecified atom stereocenters. The molecule has 0 N–H and O–H groups in total. The largest absolute Gasteiger partial charge is 0.490 e. The van der Waals surface area contributed by atoms with E-state index in [1.54, 1.807) is 0 Å². The topological polar surface area (TPSA) is 48.0 Å². The zero-order valence-corrected chi connectivity index (χ0v) is 17.2. The lowest BCUT2D eigenvalue weighted by Crippen LogP contribution is -2.62. The third-order valence-electron chi connectivity index (χ3n) is 4.95. The highest BCUT2D eigenvalue weighted by molar-refractivity contribution is 5.69. The van der Waals surface area contributed by atoms with E-state index in [0.717, 1.165) is 24.2 Å². The van der Waals surface area contributed by atoms with Crippen LogP contribution in [0.3, 0.4) is 0 Å². The molecule has 5 nitrogen and oxygen atoms in total. The summed E-state index contributed by atoms with van der Waals surface area (Å²) in [6.07, 6.45) is 2.06. The average molecular weight is 363 g/mol. The van der Waals surface area contributed by atoms with E-state index in [4.69, 9.17) is 14.3 Å². The number of carbonyl (C=O) groups excluding carboxylic acids is 1. The van der Waals surface area contributed by atoms with Crippen LogP contribution in [-0.2, 0) is 14.4 Å². The second-order valence-electron chi connectivity index (χ2n) is 8.50. The van der Waals surface area contributed by atoms with Crippen molar-refractivity contribution in [3.8, 4) is 5.75 Å². The van der Waals surface area contributed by atoms with Crippen LogP contribution in [0.25, 0.3) is 0 Å². The minimum Gasteiger partial charge on any atom is -0.490 e. The second-order valence-corrected chi connectivity index (χ2v) is 8.50. The highest BCUT2D eigenvalue weighted by Crippen LogP contribution is 2.40. The predicted octanol–water partition coefficient (Wildman–Crippen LogP) is 4.20. The molecule has 0 spiro atoms. The molecule has 0 bridgehead atoms. The first kappa shape index (κ1) is 20.7. The number of methoxy groups -OCH3 is 1. The lowest BCUT2D eigenvalue weighted by molar-refractivity contribution is -0.290. The summed E-state index contributed by atoms with van der Waals surface area (Å²) in [6.45, 7) is 13.1. The zero-order valence-electron chi connectivity index (χ0n) is 17.2. The summed E-state index contributed by atoms with van der Waals surface area (Å²) in [5, 5.41) is 2.03. The molecule has 0 amide bonds. The normalized spacial score (nSPS) is 20.0. The van der Waals surface area contributed by atoms with Crippen molar-refractivity contribution < 1.29 is 19.1 Å². The predicted molar refractivity (Wildman–Crippen MR) is 102 cm³/mol. The van der Waals surface area contributed by atoms with Gasteiger partial charge < -0.3 is 9.47 Å². The fourth-order valence-corrected chi connectivity index (χ4v) is 3.94. The van der Waals surface area contributed by atoms with E-state index < -0.39 is 0 Å². The molecule has 1 aliphatic heterocycles. The Morgan fingerprint density at radius 1 is 1.15 bits per heavy atom. The number of hydroxylamine groups is 2. The first-order valence-corrected chi connectivity index (χ1v) is 9.29. The number of benzene rings is 1. The quantitative estimate of drug-likeness (QED) is 0.709. The maximum absolute atomic E-state index is 11.4. The Labute approximate surface area is 157 Å². The maximum Gasteiger partial charge on any atom is 0.307 e. The number of hydrogen-bond acceptors (Lipinski definition) is 5. The summed E-state index contributed by atoms with van der Waals surface area (Å²) < 4.78 is 11.1. The van der Waals surface area contributed by atoms with Gasteiger partial charge in [0, 0.05) is 23.9 Å². The van der Waals surface area contributed by atoms with Crippen molar-refractivity contribution in [2.75, 3.05) is 13.7 Å². The van der Waals surface area contributed by atoms with Gasteiger partial charge in [-0.2, -0.15) is 5.06 Å². The van der Waals surface area contributed by atoms with Crippen LogP contribution in [0.2, 0.25) is 0 Å². The summed E-state index contributed by atoms with van der Waals surface area (Å²) in [7, 11) is 1.40. The molecule has 1 saturated heterocycles. The molecule has 0 aliphatic carbocycles. The minimum atomic E-state index is -0.256. The van der Waals surface area contributed by atoms with Crippen LogP contribution in [0.5, 0.6) is 5.75 Å². The van der Waals surface area contributed by atoms with Gasteiger partial charge in [0.2, 0.25) is 0 Å². The van der Waals surface area contributed by atoms with Gasteiger partial charge in [0.1, 0.15) is 11.9 Å². The zero-order chi connectivity index (χ0) is 19.5.